The SMILES string of the molecule is CNC(=O)COc1cccc(NC(=O)c2cc(Cc3ccccc3)ccc2O)c1. The fourth-order valence-corrected chi connectivity index (χ4v) is 2.79. The van der Waals surface area contributed by atoms with Crippen molar-refractivity contribution in [3.8, 4) is 11.5 Å². The number of carbonyl (C=O) groups excluding carboxylic acids is 2. The molecule has 3 aromatic carbocycles. The standard InChI is InChI=1S/C23H22N2O4/c1-24-22(27)15-29-19-9-5-8-18(14-19)25-23(28)20-13-17(10-11-21(20)26)12-16-6-3-2-4-7-16/h2-11,13-14,26H,12,15H2,1H3,(H,24,27)(H,25,28). The van der Waals surface area contributed by atoms with Crippen LogP contribution in [0.25, 0.3) is 0 Å². The molecule has 29 heavy (non-hydrogen) atoms. The molecule has 0 saturated heterocycles. The van der Waals surface area contributed by atoms with Crippen molar-refractivity contribution in [1.29, 1.82) is 0 Å². The molecule has 3 N–H and O–H groups in total. The summed E-state index contributed by atoms with van der Waals surface area (Å²) >= 11 is 0. The Kier molecular flexibility index (Phi) is 6.47. The Hall–Kier alpha value is -3.80. The molecule has 0 atom stereocenters. The van der Waals surface area contributed by atoms with Gasteiger partial charge in [-0.2, -0.15) is 0 Å². The molecule has 3 rings (SSSR count). The molecule has 0 aliphatic rings. The summed E-state index contributed by atoms with van der Waals surface area (Å²) in [5, 5.41) is 15.4. The third-order valence-corrected chi connectivity index (χ3v) is 4.30. The minimum atomic E-state index is -0.430. The predicted molar refractivity (Wildman–Crippen MR) is 111 cm³/mol. The molecule has 0 spiro atoms. The van der Waals surface area contributed by atoms with Crippen molar-refractivity contribution in [2.75, 3.05) is 19.0 Å². The monoisotopic (exact) mass is 390 g/mol. The van der Waals surface area contributed by atoms with Crippen LogP contribution in [0.1, 0.15) is 21.5 Å². The van der Waals surface area contributed by atoms with Gasteiger partial charge in [-0.1, -0.05) is 42.5 Å². The average Bonchev–Trinajstić information content (AvgIpc) is 2.74. The number of amides is 2. The maximum absolute atomic E-state index is 12.7. The van der Waals surface area contributed by atoms with Crippen molar-refractivity contribution < 1.29 is 19.4 Å². The van der Waals surface area contributed by atoms with Gasteiger partial charge in [0.1, 0.15) is 11.5 Å². The lowest BCUT2D eigenvalue weighted by Crippen LogP contribution is -2.24. The number of hydrogen-bond donors (Lipinski definition) is 3. The van der Waals surface area contributed by atoms with E-state index in [4.69, 9.17) is 4.74 Å². The first-order valence-electron chi connectivity index (χ1n) is 9.16. The Balaban J connectivity index is 1.72. The van der Waals surface area contributed by atoms with Gasteiger partial charge in [-0.15, -0.1) is 0 Å². The summed E-state index contributed by atoms with van der Waals surface area (Å²) in [5.74, 6) is -0.319. The maximum Gasteiger partial charge on any atom is 0.259 e. The maximum atomic E-state index is 12.7. The second kappa shape index (κ2) is 9.41. The summed E-state index contributed by atoms with van der Waals surface area (Å²) in [4.78, 5) is 24.0. The van der Waals surface area contributed by atoms with Gasteiger partial charge in [0.25, 0.3) is 11.8 Å². The zero-order valence-electron chi connectivity index (χ0n) is 16.0. The van der Waals surface area contributed by atoms with Crippen molar-refractivity contribution in [2.24, 2.45) is 0 Å². The summed E-state index contributed by atoms with van der Waals surface area (Å²) < 4.78 is 5.38. The van der Waals surface area contributed by atoms with Gasteiger partial charge in [0.05, 0.1) is 5.56 Å². The largest absolute Gasteiger partial charge is 0.507 e. The van der Waals surface area contributed by atoms with E-state index in [2.05, 4.69) is 10.6 Å². The second-order valence-electron chi connectivity index (χ2n) is 6.46. The number of anilines is 1. The summed E-state index contributed by atoms with van der Waals surface area (Å²) in [6.45, 7) is -0.115. The van der Waals surface area contributed by atoms with E-state index in [1.807, 2.05) is 30.3 Å². The van der Waals surface area contributed by atoms with Crippen LogP contribution in [0.3, 0.4) is 0 Å². The van der Waals surface area contributed by atoms with Crippen LogP contribution in [-0.4, -0.2) is 30.6 Å². The van der Waals surface area contributed by atoms with Gasteiger partial charge in [0, 0.05) is 18.8 Å². The molecule has 0 aromatic heterocycles. The highest BCUT2D eigenvalue weighted by atomic mass is 16.5. The van der Waals surface area contributed by atoms with Gasteiger partial charge in [-0.05, 0) is 41.8 Å². The molecule has 6 heteroatoms. The molecule has 0 radical (unpaired) electrons. The summed E-state index contributed by atoms with van der Waals surface area (Å²) in [6, 6.07) is 21.6. The first-order chi connectivity index (χ1) is 14.0. The van der Waals surface area contributed by atoms with Gasteiger partial charge < -0.3 is 20.5 Å². The molecule has 0 fully saturated rings. The van der Waals surface area contributed by atoms with Gasteiger partial charge in [-0.25, -0.2) is 0 Å². The molecular formula is C23H22N2O4. The molecule has 0 unspecified atom stereocenters. The van der Waals surface area contributed by atoms with E-state index in [0.29, 0.717) is 17.9 Å². The van der Waals surface area contributed by atoms with Crippen LogP contribution in [0.5, 0.6) is 11.5 Å². The third-order valence-electron chi connectivity index (χ3n) is 4.30. The van der Waals surface area contributed by atoms with E-state index >= 15 is 0 Å². The van der Waals surface area contributed by atoms with Crippen LogP contribution in [0.15, 0.2) is 72.8 Å². The lowest BCUT2D eigenvalue weighted by Gasteiger charge is -2.11. The minimum absolute atomic E-state index is 0.0914. The normalized spacial score (nSPS) is 10.2. The summed E-state index contributed by atoms with van der Waals surface area (Å²) in [6.07, 6.45) is 0.657. The van der Waals surface area contributed by atoms with Crippen molar-refractivity contribution in [1.82, 2.24) is 5.32 Å². The Morgan fingerprint density at radius 1 is 0.931 bits per heavy atom. The number of benzene rings is 3. The molecule has 0 bridgehead atoms. The van der Waals surface area contributed by atoms with Crippen molar-refractivity contribution in [2.45, 2.75) is 6.42 Å². The van der Waals surface area contributed by atoms with Crippen molar-refractivity contribution in [3.05, 3.63) is 89.5 Å². The van der Waals surface area contributed by atoms with Crippen LogP contribution in [-0.2, 0) is 11.2 Å². The Morgan fingerprint density at radius 3 is 2.48 bits per heavy atom. The van der Waals surface area contributed by atoms with E-state index in [-0.39, 0.29) is 23.8 Å². The Bertz CT molecular complexity index is 1000. The van der Waals surface area contributed by atoms with Crippen LogP contribution in [0, 0.1) is 0 Å². The van der Waals surface area contributed by atoms with Gasteiger partial charge >= 0.3 is 0 Å². The molecule has 0 aliphatic carbocycles. The highest BCUT2D eigenvalue weighted by Crippen LogP contribution is 2.23. The van der Waals surface area contributed by atoms with Crippen molar-refractivity contribution in [3.63, 3.8) is 0 Å². The van der Waals surface area contributed by atoms with Crippen LogP contribution in [0.2, 0.25) is 0 Å². The number of likely N-dealkylation sites (N-methyl/N-ethyl adjacent to an activating group) is 1. The molecule has 0 saturated carbocycles. The topological polar surface area (TPSA) is 87.7 Å². The number of rotatable bonds is 7. The van der Waals surface area contributed by atoms with E-state index in [1.54, 1.807) is 36.4 Å². The minimum Gasteiger partial charge on any atom is -0.507 e. The number of phenolic OH excluding ortho intramolecular Hbond substituents is 1. The number of phenols is 1. The number of ether oxygens (including phenoxy) is 1. The zero-order valence-corrected chi connectivity index (χ0v) is 16.0. The fourth-order valence-electron chi connectivity index (χ4n) is 2.79. The second-order valence-corrected chi connectivity index (χ2v) is 6.46. The molecule has 0 aliphatic heterocycles. The van der Waals surface area contributed by atoms with E-state index in [9.17, 15) is 14.7 Å². The number of aromatic hydroxyl groups is 1. The summed E-state index contributed by atoms with van der Waals surface area (Å²) in [5.41, 5.74) is 2.72. The lowest BCUT2D eigenvalue weighted by atomic mass is 10.0. The van der Waals surface area contributed by atoms with Gasteiger partial charge in [0.15, 0.2) is 6.61 Å². The van der Waals surface area contributed by atoms with E-state index in [1.165, 1.54) is 13.1 Å². The number of carbonyl (C=O) groups is 2. The molecule has 2 amide bonds. The van der Waals surface area contributed by atoms with Crippen LogP contribution < -0.4 is 15.4 Å². The first-order valence-corrected chi connectivity index (χ1v) is 9.16. The Labute approximate surface area is 169 Å². The third kappa shape index (κ3) is 5.59. The smallest absolute Gasteiger partial charge is 0.259 e. The van der Waals surface area contributed by atoms with Crippen LogP contribution >= 0.6 is 0 Å². The van der Waals surface area contributed by atoms with Crippen molar-refractivity contribution >= 4 is 17.5 Å². The summed E-state index contributed by atoms with van der Waals surface area (Å²) in [7, 11) is 1.53. The molecule has 0 heterocycles. The zero-order chi connectivity index (χ0) is 20.6. The predicted octanol–water partition coefficient (Wildman–Crippen LogP) is 3.36. The average molecular weight is 390 g/mol. The quantitative estimate of drug-likeness (QED) is 0.577. The van der Waals surface area contributed by atoms with E-state index in [0.717, 1.165) is 11.1 Å². The van der Waals surface area contributed by atoms with Crippen LogP contribution in [0.4, 0.5) is 5.69 Å². The highest BCUT2D eigenvalue weighted by Gasteiger charge is 2.13. The first kappa shape index (κ1) is 19.9. The number of nitrogens with one attached hydrogen (secondary N) is 2. The number of hydrogen-bond acceptors (Lipinski definition) is 4. The Morgan fingerprint density at radius 2 is 1.72 bits per heavy atom. The molecular weight excluding hydrogens is 368 g/mol. The van der Waals surface area contributed by atoms with Gasteiger partial charge in [0.2, 0.25) is 0 Å². The highest BCUT2D eigenvalue weighted by molar-refractivity contribution is 6.06. The molecule has 6 nitrogen and oxygen atoms in total. The molecule has 3 aromatic rings. The van der Waals surface area contributed by atoms with E-state index < -0.39 is 5.91 Å². The fraction of sp³-hybridized carbons (Fsp3) is 0.130. The molecule has 148 valence electrons. The lowest BCUT2D eigenvalue weighted by molar-refractivity contribution is -0.122. The van der Waals surface area contributed by atoms with Gasteiger partial charge in [-0.3, -0.25) is 9.59 Å².